The van der Waals surface area contributed by atoms with Crippen LogP contribution in [-0.4, -0.2) is 18.3 Å². The molecule has 1 aliphatic rings. The summed E-state index contributed by atoms with van der Waals surface area (Å²) in [7, 11) is 0. The Kier molecular flexibility index (Phi) is 5.15. The number of rotatable bonds is 5. The lowest BCUT2D eigenvalue weighted by atomic mass is 10.2. The molecule has 0 amide bonds. The second-order valence-corrected chi connectivity index (χ2v) is 3.80. The van der Waals surface area contributed by atoms with Crippen molar-refractivity contribution in [2.75, 3.05) is 12.4 Å². The zero-order chi connectivity index (χ0) is 10.2. The molecule has 0 aromatic carbocycles. The van der Waals surface area contributed by atoms with Gasteiger partial charge in [0.1, 0.15) is 0 Å². The van der Waals surface area contributed by atoms with Gasteiger partial charge in [0.05, 0.1) is 6.61 Å². The molecule has 0 fully saturated rings. The van der Waals surface area contributed by atoms with Crippen LogP contribution in [0.1, 0.15) is 12.8 Å². The van der Waals surface area contributed by atoms with Crippen LogP contribution >= 0.6 is 11.8 Å². The van der Waals surface area contributed by atoms with Crippen molar-refractivity contribution in [2.24, 2.45) is 0 Å². The first-order chi connectivity index (χ1) is 6.83. The molecule has 0 saturated heterocycles. The highest BCUT2D eigenvalue weighted by molar-refractivity contribution is 8.02. The molecule has 0 aromatic rings. The molecule has 0 saturated carbocycles. The van der Waals surface area contributed by atoms with E-state index in [0.717, 1.165) is 18.6 Å². The van der Waals surface area contributed by atoms with Crippen molar-refractivity contribution in [3.05, 3.63) is 35.8 Å². The summed E-state index contributed by atoms with van der Waals surface area (Å²) in [5.74, 6) is 0.737. The molecule has 14 heavy (non-hydrogen) atoms. The number of hydrogen-bond acceptors (Lipinski definition) is 3. The van der Waals surface area contributed by atoms with Crippen molar-refractivity contribution in [1.29, 1.82) is 0 Å². The number of allylic oxidation sites excluding steroid dienone is 2. The van der Waals surface area contributed by atoms with E-state index in [2.05, 4.69) is 24.1 Å². The minimum atomic E-state index is -0.339. The Morgan fingerprint density at radius 1 is 1.71 bits per heavy atom. The Bertz CT molecular complexity index is 266. The van der Waals surface area contributed by atoms with Crippen molar-refractivity contribution in [3.8, 4) is 0 Å². The molecule has 0 radical (unpaired) electrons. The third-order valence-electron chi connectivity index (χ3n) is 1.79. The van der Waals surface area contributed by atoms with Crippen LogP contribution in [0.5, 0.6) is 0 Å². The first-order valence-electron chi connectivity index (χ1n) is 4.59. The molecular weight excluding hydrogens is 196 g/mol. The lowest BCUT2D eigenvalue weighted by Crippen LogP contribution is -2.01. The predicted octanol–water partition coefficient (Wildman–Crippen LogP) is 2.68. The standard InChI is InChI=1S/C11H14O2S/c1-2-11(12)13-7-4-3-5-10-6-8-14-9-10/h2,5-6,8H,1,3-4,7,9H2. The number of carbonyl (C=O) groups is 1. The van der Waals surface area contributed by atoms with Crippen molar-refractivity contribution >= 4 is 17.7 Å². The number of ether oxygens (including phenoxy) is 1. The van der Waals surface area contributed by atoms with E-state index in [1.807, 2.05) is 11.8 Å². The van der Waals surface area contributed by atoms with Crippen LogP contribution in [0.25, 0.3) is 0 Å². The summed E-state index contributed by atoms with van der Waals surface area (Å²) in [6.07, 6.45) is 7.35. The predicted molar refractivity (Wildman–Crippen MR) is 60.1 cm³/mol. The monoisotopic (exact) mass is 210 g/mol. The van der Waals surface area contributed by atoms with E-state index in [-0.39, 0.29) is 5.97 Å². The van der Waals surface area contributed by atoms with Gasteiger partial charge in [0.15, 0.2) is 0 Å². The molecule has 3 heteroatoms. The summed E-state index contributed by atoms with van der Waals surface area (Å²) in [4.78, 5) is 10.7. The second kappa shape index (κ2) is 6.49. The zero-order valence-electron chi connectivity index (χ0n) is 8.07. The molecule has 0 aliphatic carbocycles. The minimum absolute atomic E-state index is 0.339. The van der Waals surface area contributed by atoms with Gasteiger partial charge in [0.2, 0.25) is 0 Å². The number of thioether (sulfide) groups is 1. The third-order valence-corrected chi connectivity index (χ3v) is 2.62. The van der Waals surface area contributed by atoms with Crippen LogP contribution in [0.2, 0.25) is 0 Å². The second-order valence-electron chi connectivity index (χ2n) is 2.91. The Morgan fingerprint density at radius 2 is 2.57 bits per heavy atom. The molecule has 0 N–H and O–H groups in total. The molecule has 1 heterocycles. The summed E-state index contributed by atoms with van der Waals surface area (Å²) in [6.45, 7) is 3.80. The van der Waals surface area contributed by atoms with E-state index in [1.165, 1.54) is 11.6 Å². The summed E-state index contributed by atoms with van der Waals surface area (Å²) in [5.41, 5.74) is 1.37. The van der Waals surface area contributed by atoms with Crippen LogP contribution in [0.15, 0.2) is 35.8 Å². The quantitative estimate of drug-likeness (QED) is 0.396. The Balaban J connectivity index is 2.04. The minimum Gasteiger partial charge on any atom is -0.463 e. The van der Waals surface area contributed by atoms with Gasteiger partial charge in [-0.1, -0.05) is 18.7 Å². The lowest BCUT2D eigenvalue weighted by molar-refractivity contribution is -0.137. The van der Waals surface area contributed by atoms with Crippen LogP contribution in [0, 0.1) is 0 Å². The van der Waals surface area contributed by atoms with E-state index in [0.29, 0.717) is 6.61 Å². The zero-order valence-corrected chi connectivity index (χ0v) is 8.89. The van der Waals surface area contributed by atoms with Crippen molar-refractivity contribution < 1.29 is 9.53 Å². The molecule has 76 valence electrons. The summed E-state index contributed by atoms with van der Waals surface area (Å²) in [6, 6.07) is 0. The highest BCUT2D eigenvalue weighted by Gasteiger charge is 1.98. The lowest BCUT2D eigenvalue weighted by Gasteiger charge is -1.99. The van der Waals surface area contributed by atoms with Gasteiger partial charge >= 0.3 is 5.97 Å². The Hall–Kier alpha value is -0.960. The van der Waals surface area contributed by atoms with Crippen molar-refractivity contribution in [3.63, 3.8) is 0 Å². The van der Waals surface area contributed by atoms with E-state index in [4.69, 9.17) is 4.74 Å². The van der Waals surface area contributed by atoms with E-state index < -0.39 is 0 Å². The first-order valence-corrected chi connectivity index (χ1v) is 5.64. The van der Waals surface area contributed by atoms with Gasteiger partial charge in [-0.25, -0.2) is 4.79 Å². The Labute approximate surface area is 88.7 Å². The fraction of sp³-hybridized carbons (Fsp3) is 0.364. The SMILES string of the molecule is C=CC(=O)OCCCC=C1C=CSC1. The highest BCUT2D eigenvalue weighted by Crippen LogP contribution is 2.19. The van der Waals surface area contributed by atoms with Gasteiger partial charge in [-0.15, -0.1) is 11.8 Å². The largest absolute Gasteiger partial charge is 0.463 e. The van der Waals surface area contributed by atoms with Crippen molar-refractivity contribution in [2.45, 2.75) is 12.8 Å². The average Bonchev–Trinajstić information content (AvgIpc) is 2.69. The average molecular weight is 210 g/mol. The summed E-state index contributed by atoms with van der Waals surface area (Å²) in [5, 5.41) is 2.10. The Morgan fingerprint density at radius 3 is 3.21 bits per heavy atom. The van der Waals surface area contributed by atoms with E-state index >= 15 is 0 Å². The van der Waals surface area contributed by atoms with Crippen molar-refractivity contribution in [1.82, 2.24) is 0 Å². The molecule has 2 nitrogen and oxygen atoms in total. The molecule has 1 aliphatic heterocycles. The van der Waals surface area contributed by atoms with Gasteiger partial charge in [0.25, 0.3) is 0 Å². The maximum Gasteiger partial charge on any atom is 0.330 e. The number of unbranched alkanes of at least 4 members (excludes halogenated alkanes) is 1. The highest BCUT2D eigenvalue weighted by atomic mass is 32.2. The number of esters is 1. The topological polar surface area (TPSA) is 26.3 Å². The fourth-order valence-corrected chi connectivity index (χ4v) is 1.83. The van der Waals surface area contributed by atoms with Crippen LogP contribution in [0.4, 0.5) is 0 Å². The maximum absolute atomic E-state index is 10.7. The van der Waals surface area contributed by atoms with Gasteiger partial charge in [0, 0.05) is 11.8 Å². The van der Waals surface area contributed by atoms with Gasteiger partial charge < -0.3 is 4.74 Å². The van der Waals surface area contributed by atoms with Crippen LogP contribution in [0.3, 0.4) is 0 Å². The molecule has 0 spiro atoms. The van der Waals surface area contributed by atoms with Gasteiger partial charge in [-0.3, -0.25) is 0 Å². The fourth-order valence-electron chi connectivity index (χ4n) is 1.06. The molecule has 0 aromatic heterocycles. The molecule has 0 bridgehead atoms. The molecular formula is C11H14O2S. The number of carbonyl (C=O) groups excluding carboxylic acids is 1. The molecule has 0 atom stereocenters. The van der Waals surface area contributed by atoms with E-state index in [9.17, 15) is 4.79 Å². The van der Waals surface area contributed by atoms with Gasteiger partial charge in [-0.05, 0) is 23.8 Å². The summed E-state index contributed by atoms with van der Waals surface area (Å²) < 4.78 is 4.85. The first kappa shape index (κ1) is 11.1. The van der Waals surface area contributed by atoms with E-state index in [1.54, 1.807) is 0 Å². The number of hydrogen-bond donors (Lipinski definition) is 0. The van der Waals surface area contributed by atoms with Crippen LogP contribution in [-0.2, 0) is 9.53 Å². The normalized spacial score (nSPS) is 17.3. The smallest absolute Gasteiger partial charge is 0.330 e. The molecule has 1 rings (SSSR count). The van der Waals surface area contributed by atoms with Gasteiger partial charge in [-0.2, -0.15) is 0 Å². The summed E-state index contributed by atoms with van der Waals surface area (Å²) >= 11 is 1.81. The van der Waals surface area contributed by atoms with Crippen LogP contribution < -0.4 is 0 Å². The third kappa shape index (κ3) is 4.33. The molecule has 0 unspecified atom stereocenters. The maximum atomic E-state index is 10.7.